The van der Waals surface area contributed by atoms with E-state index in [2.05, 4.69) is 9.88 Å². The predicted octanol–water partition coefficient (Wildman–Crippen LogP) is 4.20. The molecule has 1 saturated heterocycles. The summed E-state index contributed by atoms with van der Waals surface area (Å²) in [6.45, 7) is 3.99. The van der Waals surface area contributed by atoms with Gasteiger partial charge in [0.05, 0.1) is 12.8 Å². The number of hydrogen-bond acceptors (Lipinski definition) is 3. The molecule has 0 saturated carbocycles. The van der Waals surface area contributed by atoms with E-state index in [1.54, 1.807) is 37.5 Å². The van der Waals surface area contributed by atoms with E-state index in [1.165, 1.54) is 0 Å². The topological polar surface area (TPSA) is 63.6 Å². The third-order valence-corrected chi connectivity index (χ3v) is 4.99. The Labute approximate surface area is 169 Å². The number of carbonyl (C=O) groups excluding carboxylic acids is 2. The van der Waals surface area contributed by atoms with Crippen LogP contribution in [-0.4, -0.2) is 23.6 Å². The van der Waals surface area contributed by atoms with Gasteiger partial charge in [-0.2, -0.15) is 0 Å². The van der Waals surface area contributed by atoms with Crippen molar-refractivity contribution in [2.24, 2.45) is 0 Å². The fourth-order valence-corrected chi connectivity index (χ4v) is 3.56. The first kappa shape index (κ1) is 18.6. The molecule has 1 aliphatic rings. The molecule has 29 heavy (non-hydrogen) atoms. The van der Waals surface area contributed by atoms with Crippen LogP contribution in [0.5, 0.6) is 5.75 Å². The maximum atomic E-state index is 12.8. The zero-order chi connectivity index (χ0) is 20.5. The molecule has 1 aromatic heterocycles. The van der Waals surface area contributed by atoms with Gasteiger partial charge < -0.3 is 14.6 Å². The van der Waals surface area contributed by atoms with Crippen LogP contribution in [-0.2, 0) is 4.79 Å². The fourth-order valence-electron chi connectivity index (χ4n) is 3.56. The van der Waals surface area contributed by atoms with Crippen LogP contribution in [0, 0.1) is 13.8 Å². The van der Waals surface area contributed by atoms with E-state index in [-0.39, 0.29) is 11.6 Å². The average Bonchev–Trinajstić information content (AvgIpc) is 3.17. The van der Waals surface area contributed by atoms with Crippen molar-refractivity contribution in [3.05, 3.63) is 83.3 Å². The number of para-hydroxylation sites is 1. The monoisotopic (exact) mass is 387 g/mol. The average molecular weight is 387 g/mol. The van der Waals surface area contributed by atoms with Crippen molar-refractivity contribution in [1.29, 1.82) is 0 Å². The molecule has 6 nitrogen and oxygen atoms in total. The highest BCUT2D eigenvalue weighted by atomic mass is 16.5. The Hall–Kier alpha value is -3.80. The lowest BCUT2D eigenvalue weighted by molar-refractivity contribution is -0.113. The minimum Gasteiger partial charge on any atom is -0.497 e. The molecule has 0 spiro atoms. The lowest BCUT2D eigenvalue weighted by atomic mass is 10.2. The number of nitrogens with zero attached hydrogens (tertiary/aromatic N) is 2. The standard InChI is InChI=1S/C23H21N3O3/c1-15-13-17(16(2)25(15)19-9-11-20(29-3)12-10-19)14-21-22(27)26(23(28)24-21)18-7-5-4-6-8-18/h4-14H,1-3H3,(H,24,28)/b21-14-. The third-order valence-electron chi connectivity index (χ3n) is 4.99. The molecule has 3 aromatic rings. The van der Waals surface area contributed by atoms with Gasteiger partial charge in [0, 0.05) is 17.1 Å². The zero-order valence-corrected chi connectivity index (χ0v) is 16.5. The van der Waals surface area contributed by atoms with E-state index >= 15 is 0 Å². The van der Waals surface area contributed by atoms with E-state index in [0.717, 1.165) is 33.3 Å². The summed E-state index contributed by atoms with van der Waals surface area (Å²) in [7, 11) is 1.64. The molecule has 1 aliphatic heterocycles. The van der Waals surface area contributed by atoms with Gasteiger partial charge in [-0.05, 0) is 68.0 Å². The molecule has 0 radical (unpaired) electrons. The summed E-state index contributed by atoms with van der Waals surface area (Å²) in [5.41, 5.74) is 4.67. The second-order valence-corrected chi connectivity index (χ2v) is 6.82. The van der Waals surface area contributed by atoms with E-state index in [0.29, 0.717) is 5.69 Å². The Morgan fingerprint density at radius 2 is 1.62 bits per heavy atom. The van der Waals surface area contributed by atoms with Gasteiger partial charge in [-0.15, -0.1) is 0 Å². The highest BCUT2D eigenvalue weighted by molar-refractivity contribution is 6.28. The van der Waals surface area contributed by atoms with Gasteiger partial charge in [0.25, 0.3) is 5.91 Å². The van der Waals surface area contributed by atoms with Crippen LogP contribution in [0.3, 0.4) is 0 Å². The largest absolute Gasteiger partial charge is 0.497 e. The molecule has 1 N–H and O–H groups in total. The molecule has 0 aliphatic carbocycles. The van der Waals surface area contributed by atoms with Gasteiger partial charge in [-0.25, -0.2) is 9.69 Å². The van der Waals surface area contributed by atoms with Gasteiger partial charge >= 0.3 is 6.03 Å². The lowest BCUT2D eigenvalue weighted by Gasteiger charge is -2.11. The molecule has 3 amide bonds. The van der Waals surface area contributed by atoms with Gasteiger partial charge in [0.15, 0.2) is 0 Å². The lowest BCUT2D eigenvalue weighted by Crippen LogP contribution is -2.30. The van der Waals surface area contributed by atoms with Crippen molar-refractivity contribution in [2.75, 3.05) is 12.0 Å². The van der Waals surface area contributed by atoms with Crippen molar-refractivity contribution in [2.45, 2.75) is 13.8 Å². The number of carbonyl (C=O) groups is 2. The molecule has 146 valence electrons. The first-order valence-corrected chi connectivity index (χ1v) is 9.25. The fraction of sp³-hybridized carbons (Fsp3) is 0.130. The summed E-state index contributed by atoms with van der Waals surface area (Å²) in [4.78, 5) is 26.3. The molecular weight excluding hydrogens is 366 g/mol. The van der Waals surface area contributed by atoms with Crippen LogP contribution < -0.4 is 15.0 Å². The number of ether oxygens (including phenoxy) is 1. The Balaban J connectivity index is 1.68. The van der Waals surface area contributed by atoms with Crippen LogP contribution >= 0.6 is 0 Å². The number of benzene rings is 2. The number of imide groups is 1. The smallest absolute Gasteiger partial charge is 0.333 e. The first-order valence-electron chi connectivity index (χ1n) is 9.25. The third kappa shape index (κ3) is 3.29. The summed E-state index contributed by atoms with van der Waals surface area (Å²) >= 11 is 0. The van der Waals surface area contributed by atoms with E-state index in [9.17, 15) is 9.59 Å². The molecule has 0 bridgehead atoms. The summed E-state index contributed by atoms with van der Waals surface area (Å²) in [5.74, 6) is 0.425. The maximum absolute atomic E-state index is 12.8. The second-order valence-electron chi connectivity index (χ2n) is 6.82. The van der Waals surface area contributed by atoms with Crippen LogP contribution in [0.2, 0.25) is 0 Å². The molecule has 1 fully saturated rings. The van der Waals surface area contributed by atoms with Crippen LogP contribution in [0.25, 0.3) is 11.8 Å². The first-order chi connectivity index (χ1) is 14.0. The number of nitrogens with one attached hydrogen (secondary N) is 1. The minimum atomic E-state index is -0.448. The number of aryl methyl sites for hydroxylation is 1. The van der Waals surface area contributed by atoms with Crippen molar-refractivity contribution in [1.82, 2.24) is 9.88 Å². The van der Waals surface area contributed by atoms with Crippen molar-refractivity contribution >= 4 is 23.7 Å². The van der Waals surface area contributed by atoms with E-state index in [4.69, 9.17) is 4.74 Å². The molecule has 0 atom stereocenters. The zero-order valence-electron chi connectivity index (χ0n) is 16.5. The van der Waals surface area contributed by atoms with Crippen molar-refractivity contribution < 1.29 is 14.3 Å². The summed E-state index contributed by atoms with van der Waals surface area (Å²) in [6.07, 6.45) is 1.73. The van der Waals surface area contributed by atoms with Crippen molar-refractivity contribution in [3.63, 3.8) is 0 Å². The normalized spacial score (nSPS) is 15.1. The molecule has 6 heteroatoms. The Kier molecular flexibility index (Phi) is 4.68. The molecular formula is C23H21N3O3. The molecule has 2 aromatic carbocycles. The molecule has 4 rings (SSSR count). The van der Waals surface area contributed by atoms with Crippen LogP contribution in [0.15, 0.2) is 66.4 Å². The molecule has 2 heterocycles. The van der Waals surface area contributed by atoms with Gasteiger partial charge in [0.1, 0.15) is 11.4 Å². The number of aromatic nitrogens is 1. The van der Waals surface area contributed by atoms with E-state index in [1.807, 2.05) is 50.2 Å². The number of urea groups is 1. The predicted molar refractivity (Wildman–Crippen MR) is 112 cm³/mol. The Morgan fingerprint density at radius 3 is 2.28 bits per heavy atom. The molecule has 0 unspecified atom stereocenters. The van der Waals surface area contributed by atoms with E-state index < -0.39 is 6.03 Å². The van der Waals surface area contributed by atoms with Crippen LogP contribution in [0.4, 0.5) is 10.5 Å². The number of anilines is 1. The van der Waals surface area contributed by atoms with Gasteiger partial charge in [0.2, 0.25) is 0 Å². The Bertz CT molecular complexity index is 1110. The maximum Gasteiger partial charge on any atom is 0.333 e. The number of hydrogen-bond donors (Lipinski definition) is 1. The number of amides is 3. The van der Waals surface area contributed by atoms with Gasteiger partial charge in [-0.1, -0.05) is 18.2 Å². The Morgan fingerprint density at radius 1 is 0.931 bits per heavy atom. The number of rotatable bonds is 4. The quantitative estimate of drug-likeness (QED) is 0.539. The highest BCUT2D eigenvalue weighted by Crippen LogP contribution is 2.26. The summed E-state index contributed by atoms with van der Waals surface area (Å²) in [6, 6.07) is 18.2. The van der Waals surface area contributed by atoms with Gasteiger partial charge in [-0.3, -0.25) is 4.79 Å². The number of methoxy groups -OCH3 is 1. The summed E-state index contributed by atoms with van der Waals surface area (Å²) in [5, 5.41) is 2.68. The second kappa shape index (κ2) is 7.31. The van der Waals surface area contributed by atoms with Crippen LogP contribution in [0.1, 0.15) is 17.0 Å². The minimum absolute atomic E-state index is 0.258. The summed E-state index contributed by atoms with van der Waals surface area (Å²) < 4.78 is 7.33. The van der Waals surface area contributed by atoms with Crippen molar-refractivity contribution in [3.8, 4) is 11.4 Å². The SMILES string of the molecule is COc1ccc(-n2c(C)cc(/C=C3\NC(=O)N(c4ccccc4)C3=O)c2C)cc1. The highest BCUT2D eigenvalue weighted by Gasteiger charge is 2.34.